The van der Waals surface area contributed by atoms with E-state index in [9.17, 15) is 18.8 Å². The molecular formula is C36H40FN3O4. The lowest BCUT2D eigenvalue weighted by Crippen LogP contribution is -2.61. The molecule has 3 aromatic rings. The molecule has 0 spiro atoms. The van der Waals surface area contributed by atoms with Crippen molar-refractivity contribution < 1.29 is 23.5 Å². The summed E-state index contributed by atoms with van der Waals surface area (Å²) in [4.78, 5) is 41.8. The molecule has 2 unspecified atom stereocenters. The van der Waals surface area contributed by atoms with Gasteiger partial charge >= 0.3 is 0 Å². The second-order valence-corrected chi connectivity index (χ2v) is 11.7. The Morgan fingerprint density at radius 2 is 1.68 bits per heavy atom. The van der Waals surface area contributed by atoms with Gasteiger partial charge in [-0.2, -0.15) is 0 Å². The number of nitrogens with one attached hydrogen (secondary N) is 1. The fourth-order valence-electron chi connectivity index (χ4n) is 6.11. The standard InChI is InChI=1S/C36H40FN3O4/c1-24(41)31-16-15-29(37)20-34(31)44-19-7-10-27-11-13-28(14-12-27)32-21-30-22-40(25(2)42)23-33(38-30)35(32)36(43)39(3)18-17-26-8-5-4-6-9-26/h4-6,8-9,11-16,20,30,33,38H,7,10,17-19,21-23H2,1-3H3. The summed E-state index contributed by atoms with van der Waals surface area (Å²) in [6.45, 7) is 5.06. The van der Waals surface area contributed by atoms with E-state index in [-0.39, 0.29) is 35.4 Å². The molecule has 7 nitrogen and oxygen atoms in total. The molecule has 1 saturated heterocycles. The number of halogens is 1. The van der Waals surface area contributed by atoms with Gasteiger partial charge in [0.1, 0.15) is 11.6 Å². The van der Waals surface area contributed by atoms with E-state index < -0.39 is 5.82 Å². The first-order valence-corrected chi connectivity index (χ1v) is 15.3. The summed E-state index contributed by atoms with van der Waals surface area (Å²) < 4.78 is 19.4. The first-order valence-electron chi connectivity index (χ1n) is 15.3. The number of carbonyl (C=O) groups excluding carboxylic acids is 3. The van der Waals surface area contributed by atoms with Gasteiger partial charge in [-0.25, -0.2) is 4.39 Å². The Hall–Kier alpha value is -4.30. The van der Waals surface area contributed by atoms with Crippen LogP contribution in [-0.4, -0.2) is 72.8 Å². The minimum Gasteiger partial charge on any atom is -0.493 e. The van der Waals surface area contributed by atoms with Crippen LogP contribution in [0.2, 0.25) is 0 Å². The van der Waals surface area contributed by atoms with Crippen LogP contribution in [0.15, 0.2) is 78.4 Å². The number of piperazine rings is 1. The summed E-state index contributed by atoms with van der Waals surface area (Å²) in [5.41, 5.74) is 5.46. The first kappa shape index (κ1) is 31.1. The van der Waals surface area contributed by atoms with Crippen molar-refractivity contribution in [1.29, 1.82) is 0 Å². The van der Waals surface area contributed by atoms with Crippen LogP contribution in [0.25, 0.3) is 5.57 Å². The molecule has 3 aromatic carbocycles. The van der Waals surface area contributed by atoms with E-state index in [4.69, 9.17) is 4.74 Å². The topological polar surface area (TPSA) is 79.0 Å². The number of rotatable bonds is 11. The largest absolute Gasteiger partial charge is 0.493 e. The average molecular weight is 598 g/mol. The van der Waals surface area contributed by atoms with Gasteiger partial charge in [-0.1, -0.05) is 54.6 Å². The van der Waals surface area contributed by atoms with Crippen molar-refractivity contribution in [3.8, 4) is 5.75 Å². The number of carbonyl (C=O) groups is 3. The zero-order valence-electron chi connectivity index (χ0n) is 25.6. The van der Waals surface area contributed by atoms with Crippen molar-refractivity contribution in [3.05, 3.63) is 106 Å². The lowest BCUT2D eigenvalue weighted by Gasteiger charge is -2.44. The number of nitrogens with zero attached hydrogens (tertiary/aromatic N) is 2. The molecule has 44 heavy (non-hydrogen) atoms. The minimum atomic E-state index is -0.439. The SMILES string of the molecule is CC(=O)c1ccc(F)cc1OCCCc1ccc(C2=C(C(=O)N(C)CCc3ccccc3)C3CN(C(C)=O)CC(C2)N3)cc1. The molecule has 0 radical (unpaired) electrons. The molecule has 230 valence electrons. The molecule has 2 heterocycles. The lowest BCUT2D eigenvalue weighted by molar-refractivity contribution is -0.132. The van der Waals surface area contributed by atoms with Crippen LogP contribution in [0.1, 0.15) is 53.7 Å². The first-order chi connectivity index (χ1) is 21.2. The van der Waals surface area contributed by atoms with Crippen molar-refractivity contribution >= 4 is 23.2 Å². The Kier molecular flexibility index (Phi) is 9.90. The predicted octanol–water partition coefficient (Wildman–Crippen LogP) is 5.09. The van der Waals surface area contributed by atoms with Crippen molar-refractivity contribution in [3.63, 3.8) is 0 Å². The van der Waals surface area contributed by atoms with Gasteiger partial charge < -0.3 is 19.9 Å². The number of ketones is 1. The number of likely N-dealkylation sites (N-methyl/N-ethyl adjacent to an activating group) is 1. The zero-order chi connectivity index (χ0) is 31.2. The summed E-state index contributed by atoms with van der Waals surface area (Å²) in [7, 11) is 1.85. The molecule has 8 heteroatoms. The third kappa shape index (κ3) is 7.42. The molecule has 2 aliphatic heterocycles. The van der Waals surface area contributed by atoms with Crippen molar-refractivity contribution in [1.82, 2.24) is 15.1 Å². The molecule has 0 saturated carbocycles. The Morgan fingerprint density at radius 3 is 2.39 bits per heavy atom. The third-order valence-corrected chi connectivity index (χ3v) is 8.50. The minimum absolute atomic E-state index is 0.0132. The summed E-state index contributed by atoms with van der Waals surface area (Å²) in [6.07, 6.45) is 2.87. The third-order valence-electron chi connectivity index (χ3n) is 8.50. The molecule has 5 rings (SSSR count). The molecular weight excluding hydrogens is 557 g/mol. The molecule has 2 amide bonds. The highest BCUT2D eigenvalue weighted by Gasteiger charge is 2.39. The maximum atomic E-state index is 14.0. The number of benzene rings is 3. The number of hydrogen-bond acceptors (Lipinski definition) is 5. The van der Waals surface area contributed by atoms with E-state index in [2.05, 4.69) is 41.7 Å². The van der Waals surface area contributed by atoms with Crippen molar-refractivity contribution in [2.24, 2.45) is 0 Å². The van der Waals surface area contributed by atoms with Crippen LogP contribution in [0.5, 0.6) is 5.75 Å². The van der Waals surface area contributed by atoms with Crippen LogP contribution < -0.4 is 10.1 Å². The molecule has 1 fully saturated rings. The summed E-state index contributed by atoms with van der Waals surface area (Å²) in [5.74, 6) is -0.323. The summed E-state index contributed by atoms with van der Waals surface area (Å²) in [6, 6.07) is 22.3. The Balaban J connectivity index is 1.30. The maximum absolute atomic E-state index is 14.0. The molecule has 2 bridgehead atoms. The Labute approximate surface area is 258 Å². The number of hydrogen-bond donors (Lipinski definition) is 1. The van der Waals surface area contributed by atoms with Gasteiger partial charge in [-0.05, 0) is 67.0 Å². The van der Waals surface area contributed by atoms with E-state index in [0.717, 1.165) is 35.1 Å². The summed E-state index contributed by atoms with van der Waals surface area (Å²) in [5, 5.41) is 3.61. The maximum Gasteiger partial charge on any atom is 0.251 e. The van der Waals surface area contributed by atoms with Gasteiger partial charge in [-0.3, -0.25) is 14.4 Å². The highest BCUT2D eigenvalue weighted by atomic mass is 19.1. The van der Waals surface area contributed by atoms with E-state index in [1.165, 1.54) is 30.7 Å². The van der Waals surface area contributed by atoms with Crippen molar-refractivity contribution in [2.45, 2.75) is 51.6 Å². The van der Waals surface area contributed by atoms with Crippen LogP contribution >= 0.6 is 0 Å². The number of amides is 2. The van der Waals surface area contributed by atoms with Gasteiger partial charge in [0.2, 0.25) is 5.91 Å². The van der Waals surface area contributed by atoms with Crippen LogP contribution in [0, 0.1) is 5.82 Å². The second-order valence-electron chi connectivity index (χ2n) is 11.7. The predicted molar refractivity (Wildman–Crippen MR) is 169 cm³/mol. The van der Waals surface area contributed by atoms with Gasteiger partial charge in [0, 0.05) is 51.3 Å². The normalized spacial score (nSPS) is 17.8. The van der Waals surface area contributed by atoms with E-state index >= 15 is 0 Å². The smallest absolute Gasteiger partial charge is 0.251 e. The van der Waals surface area contributed by atoms with Gasteiger partial charge in [-0.15, -0.1) is 0 Å². The van der Waals surface area contributed by atoms with Crippen molar-refractivity contribution in [2.75, 3.05) is 33.3 Å². The molecule has 0 aromatic heterocycles. The van der Waals surface area contributed by atoms with Crippen LogP contribution in [-0.2, 0) is 22.4 Å². The quantitative estimate of drug-likeness (QED) is 0.246. The molecule has 2 atom stereocenters. The zero-order valence-corrected chi connectivity index (χ0v) is 25.6. The Bertz CT molecular complexity index is 1540. The molecule has 0 aliphatic carbocycles. The Morgan fingerprint density at radius 1 is 0.955 bits per heavy atom. The molecule has 1 N–H and O–H groups in total. The number of Topliss-reactive ketones (excluding diaryl/α,β-unsaturated/α-hetero) is 1. The summed E-state index contributed by atoms with van der Waals surface area (Å²) >= 11 is 0. The van der Waals surface area contributed by atoms with Crippen LogP contribution in [0.4, 0.5) is 4.39 Å². The van der Waals surface area contributed by atoms with Crippen LogP contribution in [0.3, 0.4) is 0 Å². The monoisotopic (exact) mass is 597 g/mol. The van der Waals surface area contributed by atoms with Gasteiger partial charge in [0.15, 0.2) is 5.78 Å². The highest BCUT2D eigenvalue weighted by Crippen LogP contribution is 2.34. The van der Waals surface area contributed by atoms with Gasteiger partial charge in [0.05, 0.1) is 18.2 Å². The fraction of sp³-hybridized carbons (Fsp3) is 0.361. The number of fused-ring (bicyclic) bond motifs is 2. The molecule has 2 aliphatic rings. The lowest BCUT2D eigenvalue weighted by atomic mass is 9.82. The number of ether oxygens (including phenoxy) is 1. The fourth-order valence-corrected chi connectivity index (χ4v) is 6.11. The van der Waals surface area contributed by atoms with Gasteiger partial charge in [0.25, 0.3) is 5.91 Å². The number of aryl methyl sites for hydroxylation is 1. The average Bonchev–Trinajstić information content (AvgIpc) is 3.02. The van der Waals surface area contributed by atoms with E-state index in [0.29, 0.717) is 44.6 Å². The highest BCUT2D eigenvalue weighted by molar-refractivity contribution is 6.03. The second kappa shape index (κ2) is 14.0. The van der Waals surface area contributed by atoms with E-state index in [1.807, 2.05) is 30.1 Å². The van der Waals surface area contributed by atoms with E-state index in [1.54, 1.807) is 11.8 Å².